The van der Waals surface area contributed by atoms with Crippen molar-refractivity contribution in [2.24, 2.45) is 0 Å². The molecule has 0 fully saturated rings. The van der Waals surface area contributed by atoms with Crippen molar-refractivity contribution < 1.29 is 71.7 Å². The van der Waals surface area contributed by atoms with Crippen LogP contribution >= 0.6 is 0 Å². The fourth-order valence-electron chi connectivity index (χ4n) is 2.03. The van der Waals surface area contributed by atoms with Crippen molar-refractivity contribution in [1.29, 1.82) is 0 Å². The summed E-state index contributed by atoms with van der Waals surface area (Å²) < 4.78 is 128. The molecule has 0 saturated carbocycles. The van der Waals surface area contributed by atoms with Gasteiger partial charge in [-0.15, -0.1) is 0 Å². The summed E-state index contributed by atoms with van der Waals surface area (Å²) in [6.07, 6.45) is 0. The first-order valence-electron chi connectivity index (χ1n) is 5.74. The summed E-state index contributed by atoms with van der Waals surface area (Å²) in [5.74, 6) is -5.59. The third-order valence-corrected chi connectivity index (χ3v) is 6.74. The molecule has 0 aromatic heterocycles. The lowest BCUT2D eigenvalue weighted by Gasteiger charge is -2.17. The van der Waals surface area contributed by atoms with E-state index >= 15 is 0 Å². The van der Waals surface area contributed by atoms with Crippen LogP contribution in [-0.4, -0.2) is 74.0 Å². The molecular weight excluding hydrogens is 480 g/mol. The summed E-state index contributed by atoms with van der Waals surface area (Å²) in [7, 11) is -25.0. The highest BCUT2D eigenvalue weighted by atomic mass is 32.2. The van der Waals surface area contributed by atoms with Gasteiger partial charge in [-0.3, -0.25) is 18.2 Å². The Labute approximate surface area is 155 Å². The molecule has 0 atom stereocenters. The van der Waals surface area contributed by atoms with Crippen molar-refractivity contribution in [2.45, 2.75) is 19.6 Å². The molecule has 0 spiro atoms. The van der Waals surface area contributed by atoms with E-state index < -0.39 is 83.1 Å². The van der Waals surface area contributed by atoms with Crippen LogP contribution in [0.15, 0.2) is 19.6 Å². The van der Waals surface area contributed by atoms with Crippen molar-refractivity contribution >= 4 is 52.4 Å². The van der Waals surface area contributed by atoms with Crippen LogP contribution in [0, 0.1) is 0 Å². The van der Waals surface area contributed by atoms with Gasteiger partial charge in [0.1, 0.15) is 30.7 Å². The van der Waals surface area contributed by atoms with Gasteiger partial charge in [-0.25, -0.2) is 9.59 Å². The van der Waals surface area contributed by atoms with Crippen molar-refractivity contribution in [3.63, 3.8) is 0 Å². The number of carboxylic acid groups (broad SMARTS) is 2. The van der Waals surface area contributed by atoms with Crippen LogP contribution in [0.5, 0.6) is 0 Å². The minimum atomic E-state index is -6.29. The Morgan fingerprint density at radius 3 is 0.821 bits per heavy atom. The minimum Gasteiger partial charge on any atom is -0.478 e. The molecule has 20 heteroatoms. The molecule has 1 aromatic rings. The number of carbonyl (C=O) groups is 2. The number of hydrogen-bond acceptors (Lipinski definition) is 10. The quantitative estimate of drug-likeness (QED) is 0.238. The van der Waals surface area contributed by atoms with Crippen LogP contribution in [-0.2, 0) is 40.5 Å². The molecule has 0 radical (unpaired) electrons. The molecule has 0 aliphatic rings. The Morgan fingerprint density at radius 2 is 0.679 bits per heavy atom. The maximum atomic E-state index is 11.5. The molecular formula is C8H6O16S4. The van der Waals surface area contributed by atoms with Gasteiger partial charge in [0.05, 0.1) is 0 Å². The first-order chi connectivity index (χ1) is 12.1. The van der Waals surface area contributed by atoms with Crippen LogP contribution in [0.2, 0.25) is 0 Å². The molecule has 0 amide bonds. The van der Waals surface area contributed by atoms with Gasteiger partial charge >= 0.3 is 11.9 Å². The second kappa shape index (κ2) is 6.70. The monoisotopic (exact) mass is 486 g/mol. The number of aromatic carboxylic acids is 2. The summed E-state index contributed by atoms with van der Waals surface area (Å²) in [6, 6.07) is 0. The van der Waals surface area contributed by atoms with E-state index in [1.165, 1.54) is 0 Å². The topological polar surface area (TPSA) is 292 Å². The van der Waals surface area contributed by atoms with E-state index in [-0.39, 0.29) is 0 Å². The summed E-state index contributed by atoms with van der Waals surface area (Å²) in [4.78, 5) is 12.2. The smallest absolute Gasteiger partial charge is 0.338 e. The highest BCUT2D eigenvalue weighted by Gasteiger charge is 2.46. The average Bonchev–Trinajstić information content (AvgIpc) is 2.39. The van der Waals surface area contributed by atoms with E-state index in [1.54, 1.807) is 0 Å². The fraction of sp³-hybridized carbons (Fsp3) is 0. The molecule has 6 N–H and O–H groups in total. The van der Waals surface area contributed by atoms with Gasteiger partial charge in [-0.05, 0) is 0 Å². The second-order valence-electron chi connectivity index (χ2n) is 4.58. The summed E-state index contributed by atoms with van der Waals surface area (Å²) in [5, 5.41) is 18.1. The Hall–Kier alpha value is -2.20. The van der Waals surface area contributed by atoms with Crippen molar-refractivity contribution in [1.82, 2.24) is 0 Å². The molecule has 1 rings (SSSR count). The maximum absolute atomic E-state index is 11.5. The van der Waals surface area contributed by atoms with Gasteiger partial charge < -0.3 is 10.2 Å². The number of rotatable bonds is 6. The normalized spacial score (nSPS) is 13.3. The summed E-state index contributed by atoms with van der Waals surface area (Å²) >= 11 is 0. The van der Waals surface area contributed by atoms with E-state index in [2.05, 4.69) is 0 Å². The van der Waals surface area contributed by atoms with Crippen LogP contribution in [0.4, 0.5) is 0 Å². The second-order valence-corrected chi connectivity index (χ2v) is 10.0. The van der Waals surface area contributed by atoms with E-state index in [1.807, 2.05) is 0 Å². The molecule has 0 aliphatic carbocycles. The van der Waals surface area contributed by atoms with Gasteiger partial charge in [0.25, 0.3) is 40.5 Å². The molecule has 0 unspecified atom stereocenters. The van der Waals surface area contributed by atoms with Crippen molar-refractivity contribution in [3.8, 4) is 0 Å². The molecule has 158 valence electrons. The number of carboxylic acids is 2. The molecule has 28 heavy (non-hydrogen) atoms. The molecule has 16 nitrogen and oxygen atoms in total. The van der Waals surface area contributed by atoms with Gasteiger partial charge in [0.15, 0.2) is 0 Å². The fourth-order valence-corrected chi connectivity index (χ4v) is 6.63. The first-order valence-corrected chi connectivity index (χ1v) is 11.5. The SMILES string of the molecule is O=C(O)c1c(S(=O)(=O)O)c(C(=O)O)c(S(=O)(=O)O)c(S(=O)(=O)O)c1S(=O)(=O)O. The van der Waals surface area contributed by atoms with Crippen LogP contribution < -0.4 is 0 Å². The summed E-state index contributed by atoms with van der Waals surface area (Å²) in [6.45, 7) is 0. The van der Waals surface area contributed by atoms with Crippen LogP contribution in [0.25, 0.3) is 0 Å². The number of benzene rings is 1. The number of hydrogen-bond donors (Lipinski definition) is 6. The first kappa shape index (κ1) is 23.8. The molecule has 0 saturated heterocycles. The van der Waals surface area contributed by atoms with Crippen molar-refractivity contribution in [3.05, 3.63) is 11.1 Å². The third-order valence-electron chi connectivity index (χ3n) is 2.78. The Bertz CT molecular complexity index is 1250. The standard InChI is InChI=1S/C8H6O16S4/c9-7(10)1-3(25(13,14)15)2(8(11)12)5(27(19,20)21)6(28(22,23)24)4(1)26(16,17)18/h(H,9,10)(H,11,12)(H,13,14,15)(H,16,17,18)(H,19,20,21)(H,22,23,24). The minimum absolute atomic E-state index is 2.44. The highest BCUT2D eigenvalue weighted by Crippen LogP contribution is 2.39. The lowest BCUT2D eigenvalue weighted by molar-refractivity contribution is 0.0679. The van der Waals surface area contributed by atoms with Gasteiger partial charge in [-0.2, -0.15) is 33.7 Å². The van der Waals surface area contributed by atoms with E-state index in [0.29, 0.717) is 0 Å². The highest BCUT2D eigenvalue weighted by molar-refractivity contribution is 7.91. The zero-order valence-electron chi connectivity index (χ0n) is 12.4. The van der Waals surface area contributed by atoms with Crippen LogP contribution in [0.3, 0.4) is 0 Å². The van der Waals surface area contributed by atoms with E-state index in [9.17, 15) is 43.3 Å². The van der Waals surface area contributed by atoms with Crippen molar-refractivity contribution in [2.75, 3.05) is 0 Å². The predicted molar refractivity (Wildman–Crippen MR) is 79.6 cm³/mol. The third kappa shape index (κ3) is 4.27. The Balaban J connectivity index is 5.06. The molecule has 0 bridgehead atoms. The summed E-state index contributed by atoms with van der Waals surface area (Å²) in [5.41, 5.74) is -4.88. The lowest BCUT2D eigenvalue weighted by atomic mass is 10.1. The maximum Gasteiger partial charge on any atom is 0.338 e. The predicted octanol–water partition coefficient (Wildman–Crippen LogP) is -1.93. The van der Waals surface area contributed by atoms with Gasteiger partial charge in [0, 0.05) is 0 Å². The Kier molecular flexibility index (Phi) is 5.70. The molecule has 0 aliphatic heterocycles. The Morgan fingerprint density at radius 1 is 0.464 bits per heavy atom. The van der Waals surface area contributed by atoms with E-state index in [4.69, 9.17) is 28.4 Å². The molecule has 0 heterocycles. The zero-order chi connectivity index (χ0) is 22.6. The molecule has 1 aromatic carbocycles. The zero-order valence-corrected chi connectivity index (χ0v) is 15.7. The van der Waals surface area contributed by atoms with Gasteiger partial charge in [0.2, 0.25) is 0 Å². The lowest BCUT2D eigenvalue weighted by Crippen LogP contribution is -2.26. The van der Waals surface area contributed by atoms with Crippen LogP contribution in [0.1, 0.15) is 20.7 Å². The van der Waals surface area contributed by atoms with Gasteiger partial charge in [-0.1, -0.05) is 0 Å². The van der Waals surface area contributed by atoms with E-state index in [0.717, 1.165) is 0 Å². The largest absolute Gasteiger partial charge is 0.478 e. The average molecular weight is 486 g/mol.